The van der Waals surface area contributed by atoms with Crippen molar-refractivity contribution in [3.63, 3.8) is 0 Å². The SMILES string of the molecule is CCNCCC(=O)NC(C)C1CCCCC1. The molecule has 16 heavy (non-hydrogen) atoms. The first kappa shape index (κ1) is 13.5. The van der Waals surface area contributed by atoms with Crippen LogP contribution < -0.4 is 10.6 Å². The first-order valence-electron chi connectivity index (χ1n) is 6.74. The molecule has 3 nitrogen and oxygen atoms in total. The highest BCUT2D eigenvalue weighted by molar-refractivity contribution is 5.76. The Morgan fingerprint density at radius 2 is 2.00 bits per heavy atom. The molecule has 0 aromatic heterocycles. The molecule has 0 bridgehead atoms. The quantitative estimate of drug-likeness (QED) is 0.681. The molecule has 1 fully saturated rings. The van der Waals surface area contributed by atoms with Gasteiger partial charge >= 0.3 is 0 Å². The van der Waals surface area contributed by atoms with Gasteiger partial charge < -0.3 is 10.6 Å². The van der Waals surface area contributed by atoms with Crippen LogP contribution in [0.25, 0.3) is 0 Å². The minimum absolute atomic E-state index is 0.194. The molecule has 0 spiro atoms. The van der Waals surface area contributed by atoms with Crippen molar-refractivity contribution in [3.05, 3.63) is 0 Å². The van der Waals surface area contributed by atoms with Crippen molar-refractivity contribution < 1.29 is 4.79 Å². The number of hydrogen-bond acceptors (Lipinski definition) is 2. The van der Waals surface area contributed by atoms with Crippen LogP contribution in [-0.4, -0.2) is 25.0 Å². The highest BCUT2D eigenvalue weighted by atomic mass is 16.1. The Balaban J connectivity index is 2.16. The summed E-state index contributed by atoms with van der Waals surface area (Å²) in [7, 11) is 0. The lowest BCUT2D eigenvalue weighted by atomic mass is 9.84. The van der Waals surface area contributed by atoms with Crippen molar-refractivity contribution in [1.82, 2.24) is 10.6 Å². The van der Waals surface area contributed by atoms with Crippen molar-refractivity contribution in [1.29, 1.82) is 0 Å². The van der Waals surface area contributed by atoms with Crippen LogP contribution in [0.2, 0.25) is 0 Å². The van der Waals surface area contributed by atoms with Gasteiger partial charge in [0.1, 0.15) is 0 Å². The van der Waals surface area contributed by atoms with E-state index in [-0.39, 0.29) is 5.91 Å². The molecule has 1 unspecified atom stereocenters. The van der Waals surface area contributed by atoms with E-state index in [9.17, 15) is 4.79 Å². The summed E-state index contributed by atoms with van der Waals surface area (Å²) >= 11 is 0. The second-order valence-electron chi connectivity index (χ2n) is 4.86. The van der Waals surface area contributed by atoms with E-state index in [1.165, 1.54) is 32.1 Å². The van der Waals surface area contributed by atoms with E-state index in [0.29, 0.717) is 18.4 Å². The highest BCUT2D eigenvalue weighted by Gasteiger charge is 2.20. The minimum atomic E-state index is 0.194. The number of carbonyl (C=O) groups excluding carboxylic acids is 1. The molecule has 1 amide bonds. The number of hydrogen-bond donors (Lipinski definition) is 2. The Morgan fingerprint density at radius 1 is 1.31 bits per heavy atom. The van der Waals surface area contributed by atoms with Gasteiger partial charge in [0.05, 0.1) is 0 Å². The van der Waals surface area contributed by atoms with Gasteiger partial charge in [-0.1, -0.05) is 26.2 Å². The summed E-state index contributed by atoms with van der Waals surface area (Å²) in [6, 6.07) is 0.356. The van der Waals surface area contributed by atoms with E-state index in [1.807, 2.05) is 0 Å². The van der Waals surface area contributed by atoms with E-state index in [1.54, 1.807) is 0 Å². The lowest BCUT2D eigenvalue weighted by molar-refractivity contribution is -0.122. The molecule has 0 aromatic carbocycles. The lowest BCUT2D eigenvalue weighted by Crippen LogP contribution is -2.39. The Hall–Kier alpha value is -0.570. The maximum atomic E-state index is 11.6. The molecule has 1 rings (SSSR count). The van der Waals surface area contributed by atoms with Crippen molar-refractivity contribution in [2.24, 2.45) is 5.92 Å². The molecule has 0 aromatic rings. The summed E-state index contributed by atoms with van der Waals surface area (Å²) < 4.78 is 0. The van der Waals surface area contributed by atoms with Gasteiger partial charge in [0.2, 0.25) is 5.91 Å². The molecular formula is C13H26N2O. The highest BCUT2D eigenvalue weighted by Crippen LogP contribution is 2.26. The third-order valence-electron chi connectivity index (χ3n) is 3.52. The van der Waals surface area contributed by atoms with E-state index < -0.39 is 0 Å². The van der Waals surface area contributed by atoms with Gasteiger partial charge in [0.25, 0.3) is 0 Å². The third-order valence-corrected chi connectivity index (χ3v) is 3.52. The maximum Gasteiger partial charge on any atom is 0.221 e. The second-order valence-corrected chi connectivity index (χ2v) is 4.86. The maximum absolute atomic E-state index is 11.6. The molecule has 0 saturated heterocycles. The third kappa shape index (κ3) is 4.97. The Labute approximate surface area is 99.4 Å². The number of nitrogens with one attached hydrogen (secondary N) is 2. The van der Waals surface area contributed by atoms with Crippen LogP contribution in [0.5, 0.6) is 0 Å². The molecule has 94 valence electrons. The zero-order valence-electron chi connectivity index (χ0n) is 10.7. The first-order chi connectivity index (χ1) is 7.74. The first-order valence-corrected chi connectivity index (χ1v) is 6.74. The molecule has 0 heterocycles. The van der Waals surface area contributed by atoms with Crippen molar-refractivity contribution >= 4 is 5.91 Å². The average molecular weight is 226 g/mol. The lowest BCUT2D eigenvalue weighted by Gasteiger charge is -2.28. The van der Waals surface area contributed by atoms with E-state index in [2.05, 4.69) is 24.5 Å². The van der Waals surface area contributed by atoms with Crippen molar-refractivity contribution in [2.45, 2.75) is 58.4 Å². The summed E-state index contributed by atoms with van der Waals surface area (Å²) in [6.45, 7) is 5.94. The van der Waals surface area contributed by atoms with Crippen molar-refractivity contribution in [2.75, 3.05) is 13.1 Å². The molecule has 1 atom stereocenters. The molecular weight excluding hydrogens is 200 g/mol. The fourth-order valence-electron chi connectivity index (χ4n) is 2.46. The molecule has 2 N–H and O–H groups in total. The van der Waals surface area contributed by atoms with Crippen LogP contribution in [0.1, 0.15) is 52.4 Å². The topological polar surface area (TPSA) is 41.1 Å². The summed E-state index contributed by atoms with van der Waals surface area (Å²) in [4.78, 5) is 11.6. The van der Waals surface area contributed by atoms with Gasteiger partial charge in [-0.25, -0.2) is 0 Å². The fraction of sp³-hybridized carbons (Fsp3) is 0.923. The predicted octanol–water partition coefficient (Wildman–Crippen LogP) is 2.07. The predicted molar refractivity (Wildman–Crippen MR) is 67.3 cm³/mol. The van der Waals surface area contributed by atoms with E-state index in [0.717, 1.165) is 13.1 Å². The summed E-state index contributed by atoms with van der Waals surface area (Å²) in [6.07, 6.45) is 7.22. The smallest absolute Gasteiger partial charge is 0.221 e. The number of rotatable bonds is 6. The zero-order chi connectivity index (χ0) is 11.8. The van der Waals surface area contributed by atoms with Crippen LogP contribution in [0, 0.1) is 5.92 Å². The minimum Gasteiger partial charge on any atom is -0.353 e. The van der Waals surface area contributed by atoms with Crippen molar-refractivity contribution in [3.8, 4) is 0 Å². The van der Waals surface area contributed by atoms with Gasteiger partial charge in [-0.2, -0.15) is 0 Å². The molecule has 1 aliphatic carbocycles. The molecule has 1 aliphatic rings. The normalized spacial score (nSPS) is 19.4. The summed E-state index contributed by atoms with van der Waals surface area (Å²) in [5.74, 6) is 0.899. The second kappa shape index (κ2) is 7.66. The van der Waals surface area contributed by atoms with Gasteiger partial charge in [-0.3, -0.25) is 4.79 Å². The number of amides is 1. The largest absolute Gasteiger partial charge is 0.353 e. The van der Waals surface area contributed by atoms with Crippen LogP contribution in [0.3, 0.4) is 0 Å². The number of carbonyl (C=O) groups is 1. The van der Waals surface area contributed by atoms with Gasteiger partial charge in [-0.05, 0) is 32.2 Å². The fourth-order valence-corrected chi connectivity index (χ4v) is 2.46. The summed E-state index contributed by atoms with van der Waals surface area (Å²) in [5.41, 5.74) is 0. The van der Waals surface area contributed by atoms with Crippen LogP contribution >= 0.6 is 0 Å². The van der Waals surface area contributed by atoms with Gasteiger partial charge in [0.15, 0.2) is 0 Å². The van der Waals surface area contributed by atoms with Gasteiger partial charge in [-0.15, -0.1) is 0 Å². The monoisotopic (exact) mass is 226 g/mol. The Morgan fingerprint density at radius 3 is 2.62 bits per heavy atom. The molecule has 0 radical (unpaired) electrons. The van der Waals surface area contributed by atoms with Gasteiger partial charge in [0, 0.05) is 19.0 Å². The Kier molecular flexibility index (Phi) is 6.46. The van der Waals surface area contributed by atoms with E-state index >= 15 is 0 Å². The van der Waals surface area contributed by atoms with Crippen LogP contribution in [0.15, 0.2) is 0 Å². The average Bonchev–Trinajstić information content (AvgIpc) is 2.30. The van der Waals surface area contributed by atoms with Crippen LogP contribution in [-0.2, 0) is 4.79 Å². The zero-order valence-corrected chi connectivity index (χ0v) is 10.7. The van der Waals surface area contributed by atoms with E-state index in [4.69, 9.17) is 0 Å². The standard InChI is InChI=1S/C13H26N2O/c1-3-14-10-9-13(16)15-11(2)12-7-5-4-6-8-12/h11-12,14H,3-10H2,1-2H3,(H,15,16). The molecule has 0 aliphatic heterocycles. The summed E-state index contributed by atoms with van der Waals surface area (Å²) in [5, 5.41) is 6.30. The Bertz CT molecular complexity index is 200. The molecule has 3 heteroatoms. The van der Waals surface area contributed by atoms with Crippen LogP contribution in [0.4, 0.5) is 0 Å². The molecule has 1 saturated carbocycles.